The molecule has 0 aromatic heterocycles. The molecule has 0 aliphatic heterocycles. The highest BCUT2D eigenvalue weighted by atomic mass is 13.9. The van der Waals surface area contributed by atoms with Gasteiger partial charge in [-0.25, -0.2) is 0 Å². The number of unbranched alkanes of at least 4 members (excludes halogenated alkanes) is 8. The first-order valence-corrected chi connectivity index (χ1v) is 8.05. The zero-order valence-electron chi connectivity index (χ0n) is 14.5. The van der Waals surface area contributed by atoms with Crippen LogP contribution in [0.15, 0.2) is 51.6 Å². The molecule has 0 aromatic rings. The normalized spacial score (nSPS) is 7.70. The van der Waals surface area contributed by atoms with Gasteiger partial charge in [-0.15, -0.1) is 39.5 Å². The van der Waals surface area contributed by atoms with Crippen molar-refractivity contribution in [3.05, 3.63) is 51.6 Å². The van der Waals surface area contributed by atoms with E-state index in [1.165, 1.54) is 64.2 Å². The minimum Gasteiger partial charge on any atom is -0.106 e. The molecule has 0 heterocycles. The van der Waals surface area contributed by atoms with E-state index in [0.717, 1.165) is 0 Å². The van der Waals surface area contributed by atoms with E-state index in [0.29, 0.717) is 0 Å². The Morgan fingerprint density at radius 3 is 1.05 bits per heavy atom. The molecule has 0 rings (SSSR count). The molecule has 0 spiro atoms. The summed E-state index contributed by atoms with van der Waals surface area (Å²) in [5.41, 5.74) is 0. The van der Waals surface area contributed by atoms with Gasteiger partial charge in [-0.3, -0.25) is 0 Å². The molecule has 0 aromatic carbocycles. The van der Waals surface area contributed by atoms with Crippen molar-refractivity contribution in [2.24, 2.45) is 0 Å². The second-order valence-corrected chi connectivity index (χ2v) is 4.28. The van der Waals surface area contributed by atoms with Crippen LogP contribution in [0.2, 0.25) is 0 Å². The van der Waals surface area contributed by atoms with Crippen molar-refractivity contribution >= 4 is 0 Å². The molecule has 120 valence electrons. The smallest absolute Gasteiger partial charge is 0.0353 e. The fraction of sp³-hybridized carbons (Fsp3) is 0.600. The van der Waals surface area contributed by atoms with Gasteiger partial charge in [0, 0.05) is 0 Å². The Labute approximate surface area is 130 Å². The summed E-state index contributed by atoms with van der Waals surface area (Å²) in [6, 6.07) is 0. The van der Waals surface area contributed by atoms with Crippen LogP contribution in [0.25, 0.3) is 0 Å². The highest BCUT2D eigenvalue weighted by Gasteiger charge is 1.82. The lowest BCUT2D eigenvalue weighted by molar-refractivity contribution is 0.675. The first-order valence-electron chi connectivity index (χ1n) is 8.05. The van der Waals surface area contributed by atoms with E-state index >= 15 is 0 Å². The van der Waals surface area contributed by atoms with E-state index in [4.69, 9.17) is 0 Å². The Morgan fingerprint density at radius 2 is 0.850 bits per heavy atom. The van der Waals surface area contributed by atoms with Crippen LogP contribution in [0.1, 0.15) is 78.1 Å². The summed E-state index contributed by atoms with van der Waals surface area (Å²) in [6.45, 7) is 23.8. The summed E-state index contributed by atoms with van der Waals surface area (Å²) in [7, 11) is 0. The Morgan fingerprint density at radius 1 is 0.550 bits per heavy atom. The second kappa shape index (κ2) is 43.0. The van der Waals surface area contributed by atoms with Gasteiger partial charge in [-0.05, 0) is 25.7 Å². The Balaban J connectivity index is -0.000000102. The average molecular weight is 281 g/mol. The van der Waals surface area contributed by atoms with Gasteiger partial charge < -0.3 is 0 Å². The molecule has 0 amide bonds. The van der Waals surface area contributed by atoms with Gasteiger partial charge in [0.15, 0.2) is 0 Å². The standard InChI is InChI=1S/2C8H16.2C2H4/c2*1-3-5-7-8-6-4-2;2*1-2/h2*3H,1,4-8H2,2H3;2*1-2H2. The molecule has 0 unspecified atom stereocenters. The van der Waals surface area contributed by atoms with Crippen molar-refractivity contribution in [2.75, 3.05) is 0 Å². The molecular weight excluding hydrogens is 240 g/mol. The van der Waals surface area contributed by atoms with Crippen molar-refractivity contribution in [1.82, 2.24) is 0 Å². The predicted molar refractivity (Wildman–Crippen MR) is 100 cm³/mol. The zero-order valence-corrected chi connectivity index (χ0v) is 14.5. The molecule has 20 heavy (non-hydrogen) atoms. The number of allylic oxidation sites excluding steroid dienone is 2. The van der Waals surface area contributed by atoms with Gasteiger partial charge in [0.2, 0.25) is 0 Å². The summed E-state index contributed by atoms with van der Waals surface area (Å²) >= 11 is 0. The van der Waals surface area contributed by atoms with E-state index < -0.39 is 0 Å². The van der Waals surface area contributed by atoms with Gasteiger partial charge in [-0.1, -0.05) is 64.5 Å². The molecule has 0 heteroatoms. The summed E-state index contributed by atoms with van der Waals surface area (Å²) < 4.78 is 0. The van der Waals surface area contributed by atoms with Crippen molar-refractivity contribution in [2.45, 2.75) is 78.1 Å². The molecule has 0 bridgehead atoms. The third-order valence-electron chi connectivity index (χ3n) is 2.52. The van der Waals surface area contributed by atoms with E-state index in [-0.39, 0.29) is 0 Å². The molecule has 0 fully saturated rings. The molecule has 0 saturated carbocycles. The molecule has 0 nitrogen and oxygen atoms in total. The summed E-state index contributed by atoms with van der Waals surface area (Å²) in [5.74, 6) is 0. The maximum Gasteiger partial charge on any atom is -0.0353 e. The summed E-state index contributed by atoms with van der Waals surface area (Å²) in [5, 5.41) is 0. The monoisotopic (exact) mass is 280 g/mol. The van der Waals surface area contributed by atoms with Gasteiger partial charge in [0.25, 0.3) is 0 Å². The molecule has 0 aliphatic rings. The average Bonchev–Trinajstić information content (AvgIpc) is 2.53. The van der Waals surface area contributed by atoms with Gasteiger partial charge in [-0.2, -0.15) is 0 Å². The lowest BCUT2D eigenvalue weighted by Crippen LogP contribution is -1.71. The first kappa shape index (κ1) is 27.3. The molecule has 0 aliphatic carbocycles. The van der Waals surface area contributed by atoms with Gasteiger partial charge in [0.1, 0.15) is 0 Å². The van der Waals surface area contributed by atoms with Crippen LogP contribution >= 0.6 is 0 Å². The maximum absolute atomic E-state index is 3.66. The molecular formula is C20H40. The van der Waals surface area contributed by atoms with Crippen LogP contribution in [0.3, 0.4) is 0 Å². The fourth-order valence-corrected chi connectivity index (χ4v) is 1.43. The van der Waals surface area contributed by atoms with Gasteiger partial charge >= 0.3 is 0 Å². The molecule has 0 radical (unpaired) electrons. The minimum absolute atomic E-state index is 1.19. The third-order valence-corrected chi connectivity index (χ3v) is 2.52. The van der Waals surface area contributed by atoms with Crippen molar-refractivity contribution in [3.8, 4) is 0 Å². The van der Waals surface area contributed by atoms with Crippen molar-refractivity contribution < 1.29 is 0 Å². The van der Waals surface area contributed by atoms with Gasteiger partial charge in [0.05, 0.1) is 0 Å². The van der Waals surface area contributed by atoms with E-state index in [1.807, 2.05) is 12.2 Å². The minimum atomic E-state index is 1.19. The third kappa shape index (κ3) is 53.8. The first-order chi connectivity index (χ1) is 9.83. The van der Waals surface area contributed by atoms with Crippen LogP contribution in [-0.4, -0.2) is 0 Å². The lowest BCUT2D eigenvalue weighted by atomic mass is 10.2. The largest absolute Gasteiger partial charge is 0.106 e. The molecule has 0 atom stereocenters. The van der Waals surface area contributed by atoms with Crippen molar-refractivity contribution in [3.63, 3.8) is 0 Å². The van der Waals surface area contributed by atoms with Crippen LogP contribution in [-0.2, 0) is 0 Å². The quantitative estimate of drug-likeness (QED) is 0.282. The summed E-state index contributed by atoms with van der Waals surface area (Å²) in [4.78, 5) is 0. The highest BCUT2D eigenvalue weighted by Crippen LogP contribution is 2.02. The SMILES string of the molecule is C=C.C=C.C=CCCCCCC.C=CCCCCCC. The van der Waals surface area contributed by atoms with Crippen molar-refractivity contribution in [1.29, 1.82) is 0 Å². The van der Waals surface area contributed by atoms with E-state index in [1.54, 1.807) is 0 Å². The predicted octanol–water partition coefficient (Wildman–Crippen LogP) is 7.89. The topological polar surface area (TPSA) is 0 Å². The Kier molecular flexibility index (Phi) is 58.8. The van der Waals surface area contributed by atoms with E-state index in [9.17, 15) is 0 Å². The molecule has 0 saturated heterocycles. The summed E-state index contributed by atoms with van der Waals surface area (Å²) in [6.07, 6.45) is 17.2. The van der Waals surface area contributed by atoms with Crippen LogP contribution in [0.5, 0.6) is 0 Å². The number of hydrogen-bond acceptors (Lipinski definition) is 0. The highest BCUT2D eigenvalue weighted by molar-refractivity contribution is 4.65. The van der Waals surface area contributed by atoms with Crippen LogP contribution < -0.4 is 0 Å². The second-order valence-electron chi connectivity index (χ2n) is 4.28. The maximum atomic E-state index is 3.66. The zero-order chi connectivity index (χ0) is 16.5. The Hall–Kier alpha value is -1.04. The Bertz CT molecular complexity index is 128. The number of hydrogen-bond donors (Lipinski definition) is 0. The lowest BCUT2D eigenvalue weighted by Gasteiger charge is -1.91. The van der Waals surface area contributed by atoms with E-state index in [2.05, 4.69) is 53.3 Å². The fourth-order valence-electron chi connectivity index (χ4n) is 1.43. The van der Waals surface area contributed by atoms with Crippen LogP contribution in [0, 0.1) is 0 Å². The number of rotatable bonds is 10. The molecule has 0 N–H and O–H groups in total. The van der Waals surface area contributed by atoms with Crippen LogP contribution in [0.4, 0.5) is 0 Å².